The van der Waals surface area contributed by atoms with Gasteiger partial charge in [-0.3, -0.25) is 4.79 Å². The molecule has 0 spiro atoms. The summed E-state index contributed by atoms with van der Waals surface area (Å²) in [6.07, 6.45) is 4.10. The Bertz CT molecular complexity index is 448. The number of carbonyl (C=O) groups is 1. The summed E-state index contributed by atoms with van der Waals surface area (Å²) in [7, 11) is 0. The zero-order valence-corrected chi connectivity index (χ0v) is 12.5. The first-order valence-corrected chi connectivity index (χ1v) is 8.26. The Morgan fingerprint density at radius 3 is 3.05 bits per heavy atom. The summed E-state index contributed by atoms with van der Waals surface area (Å²) < 4.78 is 0. The predicted molar refractivity (Wildman–Crippen MR) is 81.8 cm³/mol. The summed E-state index contributed by atoms with van der Waals surface area (Å²) in [4.78, 5) is 12.2. The molecule has 1 amide bonds. The van der Waals surface area contributed by atoms with E-state index in [9.17, 15) is 4.79 Å². The lowest BCUT2D eigenvalue weighted by Crippen LogP contribution is -2.36. The highest BCUT2D eigenvalue weighted by atomic mass is 32.2. The number of hydrogen-bond donors (Lipinski definition) is 2. The molecule has 2 N–H and O–H groups in total. The Balaban J connectivity index is 2.06. The minimum absolute atomic E-state index is 0.0503. The van der Waals surface area contributed by atoms with Crippen molar-refractivity contribution in [2.45, 2.75) is 32.4 Å². The fourth-order valence-corrected chi connectivity index (χ4v) is 3.07. The highest BCUT2D eigenvalue weighted by Gasteiger charge is 2.14. The SMILES string of the molecule is CCC(CSC)NC(=O)c1ccc2c(c1)CNCC2. The van der Waals surface area contributed by atoms with Crippen LogP contribution in [0.25, 0.3) is 0 Å². The molecule has 0 saturated heterocycles. The average Bonchev–Trinajstić information content (AvgIpc) is 2.46. The number of fused-ring (bicyclic) bond motifs is 1. The Morgan fingerprint density at radius 1 is 1.47 bits per heavy atom. The zero-order chi connectivity index (χ0) is 13.7. The maximum absolute atomic E-state index is 12.2. The second-order valence-electron chi connectivity index (χ2n) is 4.94. The summed E-state index contributed by atoms with van der Waals surface area (Å²) in [5.41, 5.74) is 3.41. The molecule has 1 heterocycles. The van der Waals surface area contributed by atoms with E-state index in [1.807, 2.05) is 12.1 Å². The summed E-state index contributed by atoms with van der Waals surface area (Å²) >= 11 is 1.77. The Labute approximate surface area is 119 Å². The van der Waals surface area contributed by atoms with Gasteiger partial charge >= 0.3 is 0 Å². The molecule has 1 aliphatic rings. The van der Waals surface area contributed by atoms with Gasteiger partial charge in [0.05, 0.1) is 0 Å². The molecule has 1 atom stereocenters. The van der Waals surface area contributed by atoms with Crippen molar-refractivity contribution in [1.29, 1.82) is 0 Å². The molecule has 0 saturated carbocycles. The third kappa shape index (κ3) is 3.74. The minimum atomic E-state index is 0.0503. The second-order valence-corrected chi connectivity index (χ2v) is 5.85. The summed E-state index contributed by atoms with van der Waals surface area (Å²) in [5.74, 6) is 1.02. The first kappa shape index (κ1) is 14.4. The van der Waals surface area contributed by atoms with E-state index in [-0.39, 0.29) is 11.9 Å². The molecule has 2 rings (SSSR count). The summed E-state index contributed by atoms with van der Waals surface area (Å²) in [6.45, 7) is 4.01. The first-order valence-electron chi connectivity index (χ1n) is 6.87. The van der Waals surface area contributed by atoms with Crippen molar-refractivity contribution >= 4 is 17.7 Å². The third-order valence-corrected chi connectivity index (χ3v) is 4.29. The lowest BCUT2D eigenvalue weighted by molar-refractivity contribution is 0.0940. The largest absolute Gasteiger partial charge is 0.348 e. The molecule has 1 aromatic rings. The van der Waals surface area contributed by atoms with E-state index in [1.54, 1.807) is 11.8 Å². The van der Waals surface area contributed by atoms with Gasteiger partial charge in [0.25, 0.3) is 5.91 Å². The lowest BCUT2D eigenvalue weighted by Gasteiger charge is -2.19. The van der Waals surface area contributed by atoms with Crippen molar-refractivity contribution < 1.29 is 4.79 Å². The van der Waals surface area contributed by atoms with Crippen LogP contribution in [0.2, 0.25) is 0 Å². The van der Waals surface area contributed by atoms with E-state index in [1.165, 1.54) is 11.1 Å². The third-order valence-electron chi connectivity index (χ3n) is 3.55. The van der Waals surface area contributed by atoms with E-state index >= 15 is 0 Å². The standard InChI is InChI=1S/C15H22N2OS/c1-3-14(10-19-2)17-15(18)12-5-4-11-6-7-16-9-13(11)8-12/h4-5,8,14,16H,3,6-7,9-10H2,1-2H3,(H,17,18). The minimum Gasteiger partial charge on any atom is -0.348 e. The van der Waals surface area contributed by atoms with E-state index < -0.39 is 0 Å². The molecule has 0 aromatic heterocycles. The first-order chi connectivity index (χ1) is 9.24. The fraction of sp³-hybridized carbons (Fsp3) is 0.533. The number of amides is 1. The number of hydrogen-bond acceptors (Lipinski definition) is 3. The van der Waals surface area contributed by atoms with Crippen LogP contribution in [0.5, 0.6) is 0 Å². The number of carbonyl (C=O) groups excluding carboxylic acids is 1. The molecule has 4 heteroatoms. The monoisotopic (exact) mass is 278 g/mol. The molecule has 104 valence electrons. The van der Waals surface area contributed by atoms with Crippen LogP contribution >= 0.6 is 11.8 Å². The van der Waals surface area contributed by atoms with Gasteiger partial charge in [-0.15, -0.1) is 0 Å². The molecular weight excluding hydrogens is 256 g/mol. The Hall–Kier alpha value is -1.00. The highest BCUT2D eigenvalue weighted by Crippen LogP contribution is 2.16. The van der Waals surface area contributed by atoms with Crippen LogP contribution in [0.1, 0.15) is 34.8 Å². The van der Waals surface area contributed by atoms with Crippen LogP contribution in [-0.2, 0) is 13.0 Å². The van der Waals surface area contributed by atoms with Gasteiger partial charge in [0, 0.05) is 23.9 Å². The van der Waals surface area contributed by atoms with Crippen LogP contribution in [0.15, 0.2) is 18.2 Å². The van der Waals surface area contributed by atoms with Crippen molar-refractivity contribution in [3.63, 3.8) is 0 Å². The molecule has 3 nitrogen and oxygen atoms in total. The van der Waals surface area contributed by atoms with Crippen molar-refractivity contribution in [3.8, 4) is 0 Å². The zero-order valence-electron chi connectivity index (χ0n) is 11.7. The number of thioether (sulfide) groups is 1. The van der Waals surface area contributed by atoms with Gasteiger partial charge in [-0.05, 0) is 48.9 Å². The molecule has 0 radical (unpaired) electrons. The van der Waals surface area contributed by atoms with Crippen LogP contribution < -0.4 is 10.6 Å². The van der Waals surface area contributed by atoms with Crippen LogP contribution in [0.3, 0.4) is 0 Å². The predicted octanol–water partition coefficient (Wildman–Crippen LogP) is 2.20. The second kappa shape index (κ2) is 6.96. The maximum atomic E-state index is 12.2. The van der Waals surface area contributed by atoms with Crippen LogP contribution in [-0.4, -0.2) is 30.5 Å². The van der Waals surface area contributed by atoms with E-state index in [0.29, 0.717) is 0 Å². The van der Waals surface area contributed by atoms with Gasteiger partial charge in [0.15, 0.2) is 0 Å². The lowest BCUT2D eigenvalue weighted by atomic mass is 9.98. The van der Waals surface area contributed by atoms with E-state index in [4.69, 9.17) is 0 Å². The molecule has 19 heavy (non-hydrogen) atoms. The molecule has 0 bridgehead atoms. The van der Waals surface area contributed by atoms with Gasteiger partial charge in [-0.25, -0.2) is 0 Å². The maximum Gasteiger partial charge on any atom is 0.251 e. The van der Waals surface area contributed by atoms with Gasteiger partial charge in [-0.1, -0.05) is 13.0 Å². The molecule has 0 aliphatic carbocycles. The Kier molecular flexibility index (Phi) is 5.28. The van der Waals surface area contributed by atoms with Crippen molar-refractivity contribution in [3.05, 3.63) is 34.9 Å². The van der Waals surface area contributed by atoms with Gasteiger partial charge < -0.3 is 10.6 Å². The van der Waals surface area contributed by atoms with Crippen molar-refractivity contribution in [2.24, 2.45) is 0 Å². The van der Waals surface area contributed by atoms with Crippen molar-refractivity contribution in [2.75, 3.05) is 18.6 Å². The molecule has 1 unspecified atom stereocenters. The smallest absolute Gasteiger partial charge is 0.251 e. The average molecular weight is 278 g/mol. The number of nitrogens with one attached hydrogen (secondary N) is 2. The topological polar surface area (TPSA) is 41.1 Å². The van der Waals surface area contributed by atoms with Crippen molar-refractivity contribution in [1.82, 2.24) is 10.6 Å². The van der Waals surface area contributed by atoms with E-state index in [0.717, 1.165) is 37.2 Å². The quantitative estimate of drug-likeness (QED) is 0.867. The molecule has 0 fully saturated rings. The van der Waals surface area contributed by atoms with Gasteiger partial charge in [0.1, 0.15) is 0 Å². The molecule has 1 aromatic carbocycles. The summed E-state index contributed by atoms with van der Waals surface area (Å²) in [6, 6.07) is 6.34. The van der Waals surface area contributed by atoms with E-state index in [2.05, 4.69) is 29.9 Å². The molecule has 1 aliphatic heterocycles. The summed E-state index contributed by atoms with van der Waals surface area (Å²) in [5, 5.41) is 6.45. The highest BCUT2D eigenvalue weighted by molar-refractivity contribution is 7.98. The van der Waals surface area contributed by atoms with Gasteiger partial charge in [0.2, 0.25) is 0 Å². The molecular formula is C15H22N2OS. The number of rotatable bonds is 5. The number of benzene rings is 1. The van der Waals surface area contributed by atoms with Gasteiger partial charge in [-0.2, -0.15) is 11.8 Å². The Morgan fingerprint density at radius 2 is 2.32 bits per heavy atom. The normalized spacial score (nSPS) is 15.7. The van der Waals surface area contributed by atoms with Crippen LogP contribution in [0, 0.1) is 0 Å². The fourth-order valence-electron chi connectivity index (χ4n) is 2.35. The van der Waals surface area contributed by atoms with Crippen LogP contribution in [0.4, 0.5) is 0 Å².